The molecule has 2 aliphatic carbocycles. The van der Waals surface area contributed by atoms with Crippen molar-refractivity contribution in [2.24, 2.45) is 11.8 Å². The van der Waals surface area contributed by atoms with E-state index in [0.717, 1.165) is 47.8 Å². The Bertz CT molecular complexity index is 1740. The second kappa shape index (κ2) is 9.70. The second-order valence-corrected chi connectivity index (χ2v) is 12.3. The molecule has 2 aromatic heterocycles. The van der Waals surface area contributed by atoms with Crippen molar-refractivity contribution in [2.75, 3.05) is 6.61 Å². The topological polar surface area (TPSA) is 131 Å². The highest BCUT2D eigenvalue weighted by atomic mass is 19.1. The lowest BCUT2D eigenvalue weighted by Crippen LogP contribution is -2.44. The Morgan fingerprint density at radius 2 is 2.02 bits per heavy atom. The van der Waals surface area contributed by atoms with Crippen molar-refractivity contribution in [1.29, 1.82) is 0 Å². The van der Waals surface area contributed by atoms with Crippen LogP contribution in [0.5, 0.6) is 0 Å². The summed E-state index contributed by atoms with van der Waals surface area (Å²) in [6.45, 7) is 3.57. The summed E-state index contributed by atoms with van der Waals surface area (Å²) in [6, 6.07) is 2.74. The average molecular weight is 576 g/mol. The lowest BCUT2D eigenvalue weighted by atomic mass is 9.72. The van der Waals surface area contributed by atoms with E-state index in [1.54, 1.807) is 24.5 Å². The number of esters is 1. The zero-order valence-electron chi connectivity index (χ0n) is 23.8. The van der Waals surface area contributed by atoms with E-state index in [1.807, 2.05) is 0 Å². The molecule has 0 spiro atoms. The minimum absolute atomic E-state index is 0.00643. The van der Waals surface area contributed by atoms with Crippen LogP contribution in [0.2, 0.25) is 0 Å². The van der Waals surface area contributed by atoms with Crippen LogP contribution in [0.3, 0.4) is 0 Å². The third kappa shape index (κ3) is 3.80. The Balaban J connectivity index is 1.35. The Hall–Kier alpha value is -3.63. The summed E-state index contributed by atoms with van der Waals surface area (Å²) in [7, 11) is 0. The van der Waals surface area contributed by atoms with Gasteiger partial charge < -0.3 is 24.8 Å². The van der Waals surface area contributed by atoms with E-state index < -0.39 is 11.6 Å². The first-order chi connectivity index (χ1) is 20.2. The molecular weight excluding hydrogens is 541 g/mol. The number of cyclic esters (lactones) is 1. The summed E-state index contributed by atoms with van der Waals surface area (Å²) >= 11 is 0. The predicted molar refractivity (Wildman–Crippen MR) is 151 cm³/mol. The molecule has 1 amide bonds. The Morgan fingerprint density at radius 3 is 2.76 bits per heavy atom. The molecular formula is C32H34FN3O6. The lowest BCUT2D eigenvalue weighted by molar-refractivity contribution is -0.172. The van der Waals surface area contributed by atoms with Gasteiger partial charge in [0.25, 0.3) is 5.56 Å². The van der Waals surface area contributed by atoms with Gasteiger partial charge in [0.2, 0.25) is 5.91 Å². The van der Waals surface area contributed by atoms with E-state index in [-0.39, 0.29) is 66.5 Å². The summed E-state index contributed by atoms with van der Waals surface area (Å²) in [5.74, 6) is -0.779. The molecule has 3 N–H and O–H groups in total. The minimum atomic E-state index is -1.94. The van der Waals surface area contributed by atoms with Gasteiger partial charge >= 0.3 is 5.97 Å². The van der Waals surface area contributed by atoms with Gasteiger partial charge in [0.1, 0.15) is 12.4 Å². The molecule has 4 heterocycles. The standard InChI is InChI=1S/C32H34FN3O6/c1-3-32(41)21-11-25-28-19(13-36(25)30(39)20(21)14-42-31(32)40)27-23(35-29(38)17-9-16(10-17)5-4-8-37)7-6-18-15(2)22(33)12-24(34-28)26(18)27/h11-12,16-17,23,37,41H,3-10,13-14H2,1-2H3,(H,35,38)/t16?,17?,23-,32-/m0/s1. The molecule has 2 aliphatic heterocycles. The van der Waals surface area contributed by atoms with Gasteiger partial charge in [0.15, 0.2) is 5.60 Å². The van der Waals surface area contributed by atoms with Crippen LogP contribution in [0.15, 0.2) is 16.9 Å². The fourth-order valence-electron chi connectivity index (χ4n) is 7.55. The molecule has 2 atom stereocenters. The molecule has 0 bridgehead atoms. The number of halogens is 1. The van der Waals surface area contributed by atoms with E-state index >= 15 is 4.39 Å². The highest BCUT2D eigenvalue weighted by Crippen LogP contribution is 2.46. The van der Waals surface area contributed by atoms with Gasteiger partial charge in [-0.3, -0.25) is 9.59 Å². The second-order valence-electron chi connectivity index (χ2n) is 12.3. The molecule has 1 aromatic carbocycles. The molecule has 3 aromatic rings. The van der Waals surface area contributed by atoms with E-state index in [1.165, 1.54) is 6.07 Å². The number of fused-ring (bicyclic) bond motifs is 5. The van der Waals surface area contributed by atoms with E-state index in [4.69, 9.17) is 14.8 Å². The summed E-state index contributed by atoms with van der Waals surface area (Å²) in [5, 5.41) is 24.5. The number of pyridine rings is 2. The van der Waals surface area contributed by atoms with E-state index in [0.29, 0.717) is 41.2 Å². The molecule has 7 rings (SSSR count). The Labute approximate surface area is 241 Å². The van der Waals surface area contributed by atoms with Crippen molar-refractivity contribution in [3.05, 3.63) is 61.7 Å². The van der Waals surface area contributed by atoms with Crippen LogP contribution in [0.1, 0.15) is 84.9 Å². The molecule has 0 radical (unpaired) electrons. The normalized spacial score (nSPS) is 25.4. The maximum atomic E-state index is 15.1. The third-order valence-corrected chi connectivity index (χ3v) is 10.1. The predicted octanol–water partition coefficient (Wildman–Crippen LogP) is 3.43. The van der Waals surface area contributed by atoms with Crippen LogP contribution < -0.4 is 10.9 Å². The quantitative estimate of drug-likeness (QED) is 0.300. The molecule has 10 heteroatoms. The number of benzene rings is 1. The highest BCUT2D eigenvalue weighted by molar-refractivity contribution is 5.94. The zero-order valence-corrected chi connectivity index (χ0v) is 23.8. The van der Waals surface area contributed by atoms with Crippen molar-refractivity contribution < 1.29 is 28.9 Å². The summed E-state index contributed by atoms with van der Waals surface area (Å²) in [6.07, 6.45) is 4.49. The first kappa shape index (κ1) is 27.2. The van der Waals surface area contributed by atoms with Crippen molar-refractivity contribution in [1.82, 2.24) is 14.9 Å². The van der Waals surface area contributed by atoms with Gasteiger partial charge in [-0.25, -0.2) is 14.2 Å². The first-order valence-electron chi connectivity index (χ1n) is 14.9. The van der Waals surface area contributed by atoms with Gasteiger partial charge in [0, 0.05) is 35.1 Å². The van der Waals surface area contributed by atoms with Crippen LogP contribution in [0.25, 0.3) is 22.3 Å². The number of nitrogens with zero attached hydrogens (tertiary/aromatic N) is 2. The number of hydrogen-bond acceptors (Lipinski definition) is 7. The highest BCUT2D eigenvalue weighted by Gasteiger charge is 2.46. The molecule has 9 nitrogen and oxygen atoms in total. The van der Waals surface area contributed by atoms with Crippen molar-refractivity contribution in [3.8, 4) is 11.4 Å². The van der Waals surface area contributed by atoms with Crippen molar-refractivity contribution in [2.45, 2.75) is 83.6 Å². The molecule has 1 saturated carbocycles. The van der Waals surface area contributed by atoms with Gasteiger partial charge in [-0.2, -0.15) is 0 Å². The van der Waals surface area contributed by atoms with Crippen molar-refractivity contribution in [3.63, 3.8) is 0 Å². The number of rotatable bonds is 6. The Morgan fingerprint density at radius 1 is 1.24 bits per heavy atom. The fourth-order valence-corrected chi connectivity index (χ4v) is 7.55. The van der Waals surface area contributed by atoms with Gasteiger partial charge in [-0.05, 0) is 80.5 Å². The Kier molecular flexibility index (Phi) is 6.29. The van der Waals surface area contributed by atoms with E-state index in [9.17, 15) is 19.5 Å². The van der Waals surface area contributed by atoms with Gasteiger partial charge in [-0.15, -0.1) is 0 Å². The maximum Gasteiger partial charge on any atom is 0.343 e. The number of carbonyl (C=O) groups excluding carboxylic acids is 2. The lowest BCUT2D eigenvalue weighted by Gasteiger charge is -2.36. The summed E-state index contributed by atoms with van der Waals surface area (Å²) < 4.78 is 21.9. The molecule has 42 heavy (non-hydrogen) atoms. The van der Waals surface area contributed by atoms with Crippen LogP contribution >= 0.6 is 0 Å². The van der Waals surface area contributed by atoms with Crippen LogP contribution in [-0.4, -0.2) is 38.2 Å². The number of hydrogen-bond donors (Lipinski definition) is 3. The number of nitrogens with one attached hydrogen (secondary N) is 1. The maximum absolute atomic E-state index is 15.1. The van der Waals surface area contributed by atoms with Crippen LogP contribution in [0, 0.1) is 24.6 Å². The minimum Gasteiger partial charge on any atom is -0.458 e. The summed E-state index contributed by atoms with van der Waals surface area (Å²) in [4.78, 5) is 44.6. The van der Waals surface area contributed by atoms with E-state index in [2.05, 4.69) is 5.32 Å². The molecule has 0 saturated heterocycles. The number of aromatic nitrogens is 2. The first-order valence-corrected chi connectivity index (χ1v) is 14.9. The number of amides is 1. The number of carbonyl (C=O) groups is 2. The monoisotopic (exact) mass is 575 g/mol. The number of aliphatic hydroxyl groups is 2. The summed E-state index contributed by atoms with van der Waals surface area (Å²) in [5.41, 5.74) is 2.66. The average Bonchev–Trinajstić information content (AvgIpc) is 3.32. The molecule has 1 fully saturated rings. The molecule has 0 unspecified atom stereocenters. The van der Waals surface area contributed by atoms with Crippen LogP contribution in [0.4, 0.5) is 4.39 Å². The zero-order chi connectivity index (χ0) is 29.5. The number of ether oxygens (including phenoxy) is 1. The third-order valence-electron chi connectivity index (χ3n) is 10.1. The fraction of sp³-hybridized carbons (Fsp3) is 0.500. The SMILES string of the molecule is CC[C@@]1(O)C(=O)OCc2c1cc1n(c2=O)Cc2c-1nc1cc(F)c(C)c3c1c2[C@@H](NC(=O)C1CC(CCCO)C1)CC3. The molecule has 220 valence electrons. The van der Waals surface area contributed by atoms with Crippen LogP contribution in [-0.2, 0) is 39.5 Å². The number of aliphatic hydroxyl groups excluding tert-OH is 1. The smallest absolute Gasteiger partial charge is 0.343 e. The van der Waals surface area contributed by atoms with Gasteiger partial charge in [0.05, 0.1) is 35.1 Å². The molecule has 4 aliphatic rings. The number of aryl methyl sites for hydroxylation is 1. The van der Waals surface area contributed by atoms with Gasteiger partial charge in [-0.1, -0.05) is 6.92 Å². The van der Waals surface area contributed by atoms with Crippen molar-refractivity contribution >= 4 is 22.8 Å². The largest absolute Gasteiger partial charge is 0.458 e.